The number of carbonyl (C=O) groups is 2. The van der Waals surface area contributed by atoms with E-state index < -0.39 is 11.9 Å². The molecule has 1 heterocycles. The van der Waals surface area contributed by atoms with Crippen LogP contribution in [0, 0.1) is 10.5 Å². The van der Waals surface area contributed by atoms with Gasteiger partial charge in [0.15, 0.2) is 17.2 Å². The Labute approximate surface area is 219 Å². The van der Waals surface area contributed by atoms with Crippen LogP contribution in [0.1, 0.15) is 27.0 Å². The minimum absolute atomic E-state index is 0.101. The number of ether oxygens (including phenoxy) is 3. The predicted octanol–water partition coefficient (Wildman–Crippen LogP) is 6.48. The number of methoxy groups -OCH3 is 1. The first-order valence-electron chi connectivity index (χ1n) is 9.90. The number of aliphatic imine (C=N–C) groups is 1. The molecule has 0 saturated heterocycles. The summed E-state index contributed by atoms with van der Waals surface area (Å²) in [6.45, 7) is 1.83. The van der Waals surface area contributed by atoms with E-state index in [1.165, 1.54) is 7.11 Å². The van der Waals surface area contributed by atoms with Gasteiger partial charge in [-0.25, -0.2) is 14.6 Å². The van der Waals surface area contributed by atoms with E-state index >= 15 is 0 Å². The van der Waals surface area contributed by atoms with E-state index in [-0.39, 0.29) is 17.3 Å². The van der Waals surface area contributed by atoms with Crippen LogP contribution in [0.15, 0.2) is 65.3 Å². The summed E-state index contributed by atoms with van der Waals surface area (Å²) < 4.78 is 17.0. The maximum atomic E-state index is 12.7. The lowest BCUT2D eigenvalue weighted by atomic mass is 10.1. The summed E-state index contributed by atoms with van der Waals surface area (Å²) in [4.78, 5) is 29.4. The quantitative estimate of drug-likeness (QED) is 0.144. The molecule has 0 atom stereocenters. The van der Waals surface area contributed by atoms with Gasteiger partial charge in [0, 0.05) is 5.56 Å². The normalized spacial score (nSPS) is 14.1. The number of aryl methyl sites for hydroxylation is 1. The van der Waals surface area contributed by atoms with E-state index in [1.807, 2.05) is 41.6 Å². The van der Waals surface area contributed by atoms with Crippen molar-refractivity contribution in [1.29, 1.82) is 0 Å². The summed E-state index contributed by atoms with van der Waals surface area (Å²) in [5.41, 5.74) is 2.51. The molecule has 0 bridgehead atoms. The molecule has 172 valence electrons. The van der Waals surface area contributed by atoms with Crippen molar-refractivity contribution < 1.29 is 23.8 Å². The number of benzene rings is 3. The number of esters is 2. The summed E-state index contributed by atoms with van der Waals surface area (Å²) in [5, 5.41) is 0.710. The Bertz CT molecular complexity index is 1380. The smallest absolute Gasteiger partial charge is 0.363 e. The maximum absolute atomic E-state index is 12.7. The highest BCUT2D eigenvalue weighted by Crippen LogP contribution is 2.36. The Kier molecular flexibility index (Phi) is 7.25. The lowest BCUT2D eigenvalue weighted by Crippen LogP contribution is -2.11. The third-order valence-corrected chi connectivity index (χ3v) is 6.44. The second-order valence-electron chi connectivity index (χ2n) is 7.20. The van der Waals surface area contributed by atoms with Crippen LogP contribution in [0.5, 0.6) is 11.5 Å². The average Bonchev–Trinajstić information content (AvgIpc) is 3.17. The first-order chi connectivity index (χ1) is 16.3. The third kappa shape index (κ3) is 5.11. The molecule has 0 N–H and O–H groups in total. The van der Waals surface area contributed by atoms with Crippen molar-refractivity contribution in [3.05, 3.63) is 96.2 Å². The van der Waals surface area contributed by atoms with E-state index in [2.05, 4.69) is 4.99 Å². The van der Waals surface area contributed by atoms with Crippen molar-refractivity contribution in [2.45, 2.75) is 6.92 Å². The Hall–Kier alpha value is -2.88. The lowest BCUT2D eigenvalue weighted by Gasteiger charge is -2.13. The van der Waals surface area contributed by atoms with Crippen LogP contribution < -0.4 is 9.47 Å². The molecule has 0 radical (unpaired) electrons. The standard InChI is InChI=1S/C25H16Cl2INO5/c1-13-5-3-4-6-16(13)24(30)33-22-19(28)9-14(11-21(22)32-2)10-20-25(31)34-23(29-20)15-7-8-17(26)18(27)12-15/h3-12H,1-2H3/b20-10-. The first kappa shape index (κ1) is 24.3. The summed E-state index contributed by atoms with van der Waals surface area (Å²) in [6, 6.07) is 15.4. The molecule has 1 aliphatic rings. The fourth-order valence-electron chi connectivity index (χ4n) is 3.19. The van der Waals surface area contributed by atoms with Gasteiger partial charge in [-0.1, -0.05) is 41.4 Å². The van der Waals surface area contributed by atoms with Gasteiger partial charge in [0.1, 0.15) is 0 Å². The van der Waals surface area contributed by atoms with Gasteiger partial charge in [-0.2, -0.15) is 0 Å². The minimum Gasteiger partial charge on any atom is -0.493 e. The van der Waals surface area contributed by atoms with E-state index in [4.69, 9.17) is 37.4 Å². The van der Waals surface area contributed by atoms with E-state index in [1.54, 1.807) is 48.5 Å². The Balaban J connectivity index is 1.64. The number of rotatable bonds is 5. The van der Waals surface area contributed by atoms with Gasteiger partial charge in [-0.3, -0.25) is 0 Å². The highest BCUT2D eigenvalue weighted by atomic mass is 127. The Morgan fingerprint density at radius 1 is 1.09 bits per heavy atom. The SMILES string of the molecule is COc1cc(/C=C2\N=C(c3ccc(Cl)c(Cl)c3)OC2=O)cc(I)c1OC(=O)c1ccccc1C. The molecule has 34 heavy (non-hydrogen) atoms. The molecule has 0 aliphatic carbocycles. The minimum atomic E-state index is -0.606. The second kappa shape index (κ2) is 10.2. The largest absolute Gasteiger partial charge is 0.493 e. The van der Waals surface area contributed by atoms with Crippen LogP contribution >= 0.6 is 45.8 Å². The summed E-state index contributed by atoms with van der Waals surface area (Å²) in [7, 11) is 1.47. The van der Waals surface area contributed by atoms with E-state index in [9.17, 15) is 9.59 Å². The number of carbonyl (C=O) groups excluding carboxylic acids is 2. The van der Waals surface area contributed by atoms with Gasteiger partial charge in [-0.05, 0) is 83.1 Å². The van der Waals surface area contributed by atoms with Crippen LogP contribution in [-0.2, 0) is 9.53 Å². The topological polar surface area (TPSA) is 74.2 Å². The zero-order valence-electron chi connectivity index (χ0n) is 17.9. The van der Waals surface area contributed by atoms with Crippen molar-refractivity contribution >= 4 is 69.7 Å². The number of hydrogen-bond acceptors (Lipinski definition) is 6. The van der Waals surface area contributed by atoms with Crippen LogP contribution in [0.25, 0.3) is 6.08 Å². The molecule has 0 aromatic heterocycles. The summed E-state index contributed by atoms with van der Waals surface area (Å²) in [6.07, 6.45) is 1.56. The van der Waals surface area contributed by atoms with Crippen LogP contribution in [0.4, 0.5) is 0 Å². The van der Waals surface area contributed by atoms with Gasteiger partial charge < -0.3 is 14.2 Å². The Morgan fingerprint density at radius 3 is 2.56 bits per heavy atom. The maximum Gasteiger partial charge on any atom is 0.363 e. The van der Waals surface area contributed by atoms with Gasteiger partial charge in [-0.15, -0.1) is 0 Å². The zero-order valence-corrected chi connectivity index (χ0v) is 21.6. The van der Waals surface area contributed by atoms with Crippen molar-refractivity contribution in [3.63, 3.8) is 0 Å². The van der Waals surface area contributed by atoms with Gasteiger partial charge in [0.25, 0.3) is 0 Å². The molecule has 1 aliphatic heterocycles. The Morgan fingerprint density at radius 2 is 1.85 bits per heavy atom. The molecule has 4 rings (SSSR count). The molecule has 9 heteroatoms. The molecule has 0 saturated carbocycles. The van der Waals surface area contributed by atoms with Gasteiger partial charge >= 0.3 is 11.9 Å². The van der Waals surface area contributed by atoms with Crippen molar-refractivity contribution in [1.82, 2.24) is 0 Å². The molecule has 0 amide bonds. The van der Waals surface area contributed by atoms with Crippen molar-refractivity contribution in [2.75, 3.05) is 7.11 Å². The number of nitrogens with zero attached hydrogens (tertiary/aromatic N) is 1. The third-order valence-electron chi connectivity index (χ3n) is 4.90. The molecule has 6 nitrogen and oxygen atoms in total. The average molecular weight is 608 g/mol. The van der Waals surface area contributed by atoms with E-state index in [0.29, 0.717) is 36.1 Å². The van der Waals surface area contributed by atoms with Crippen LogP contribution in [-0.4, -0.2) is 24.9 Å². The van der Waals surface area contributed by atoms with Gasteiger partial charge in [0.2, 0.25) is 5.90 Å². The predicted molar refractivity (Wildman–Crippen MR) is 139 cm³/mol. The fourth-order valence-corrected chi connectivity index (χ4v) is 4.23. The lowest BCUT2D eigenvalue weighted by molar-refractivity contribution is -0.129. The second-order valence-corrected chi connectivity index (χ2v) is 9.18. The monoisotopic (exact) mass is 607 g/mol. The van der Waals surface area contributed by atoms with E-state index in [0.717, 1.165) is 5.56 Å². The number of halogens is 3. The molecule has 0 unspecified atom stereocenters. The number of hydrogen-bond donors (Lipinski definition) is 0. The van der Waals surface area contributed by atoms with Crippen LogP contribution in [0.3, 0.4) is 0 Å². The molecule has 0 spiro atoms. The molecular weight excluding hydrogens is 592 g/mol. The van der Waals surface area contributed by atoms with Crippen molar-refractivity contribution in [2.24, 2.45) is 4.99 Å². The van der Waals surface area contributed by atoms with Crippen LogP contribution in [0.2, 0.25) is 10.0 Å². The molecule has 0 fully saturated rings. The molecular formula is C25H16Cl2INO5. The summed E-state index contributed by atoms with van der Waals surface area (Å²) in [5.74, 6) is -0.353. The highest BCUT2D eigenvalue weighted by molar-refractivity contribution is 14.1. The van der Waals surface area contributed by atoms with Gasteiger partial charge in [0.05, 0.1) is 26.3 Å². The number of cyclic esters (lactones) is 1. The highest BCUT2D eigenvalue weighted by Gasteiger charge is 2.25. The van der Waals surface area contributed by atoms with Crippen molar-refractivity contribution in [3.8, 4) is 11.5 Å². The fraction of sp³-hybridized carbons (Fsp3) is 0.0800. The summed E-state index contributed by atoms with van der Waals surface area (Å²) >= 11 is 14.0. The first-order valence-corrected chi connectivity index (χ1v) is 11.7. The molecule has 3 aromatic carbocycles. The zero-order chi connectivity index (χ0) is 24.4. The molecule has 3 aromatic rings.